The summed E-state index contributed by atoms with van der Waals surface area (Å²) in [5.74, 6) is -0.203. The van der Waals surface area contributed by atoms with Gasteiger partial charge in [0, 0.05) is 55.2 Å². The highest BCUT2D eigenvalue weighted by molar-refractivity contribution is 5.95. The van der Waals surface area contributed by atoms with Crippen LogP contribution in [0.15, 0.2) is 108 Å². The second kappa shape index (κ2) is 23.6. The van der Waals surface area contributed by atoms with E-state index in [1.807, 2.05) is 30.3 Å². The number of hydrogen-bond acceptors (Lipinski definition) is 4. The van der Waals surface area contributed by atoms with Gasteiger partial charge in [-0.05, 0) is 201 Å². The smallest absolute Gasteiger partial charge is 0.217 e. The molecular weight excluding hydrogens is 960 g/mol. The summed E-state index contributed by atoms with van der Waals surface area (Å²) in [5, 5.41) is 3.28. The number of carbonyl (C=O) groups is 2. The summed E-state index contributed by atoms with van der Waals surface area (Å²) in [6.45, 7) is 26.8. The number of aryl methyl sites for hydroxylation is 1. The van der Waals surface area contributed by atoms with Crippen LogP contribution in [0.1, 0.15) is 213 Å². The van der Waals surface area contributed by atoms with Crippen LogP contribution >= 0.6 is 0 Å². The number of unbranched alkanes of at least 4 members (excludes halogenated alkanes) is 1. The lowest BCUT2D eigenvalue weighted by Gasteiger charge is -2.36. The van der Waals surface area contributed by atoms with Crippen molar-refractivity contribution in [3.8, 4) is 0 Å². The van der Waals surface area contributed by atoms with Crippen molar-refractivity contribution in [1.29, 1.82) is 0 Å². The minimum Gasteiger partial charge on any atom is -0.368 e. The number of benzene rings is 4. The zero-order valence-corrected chi connectivity index (χ0v) is 47.8. The van der Waals surface area contributed by atoms with E-state index in [4.69, 9.17) is 11.6 Å². The third-order valence-electron chi connectivity index (χ3n) is 19.5. The van der Waals surface area contributed by atoms with E-state index in [1.54, 1.807) is 26.0 Å². The van der Waals surface area contributed by atoms with E-state index in [2.05, 4.69) is 94.7 Å². The molecule has 5 aliphatic rings. The normalized spacial score (nSPS) is 24.9. The number of likely N-dealkylation sites (tertiary alicyclic amines) is 1. The number of fused-ring (bicyclic) bond motifs is 1. The third-order valence-corrected chi connectivity index (χ3v) is 19.5. The topological polar surface area (TPSA) is 61.8 Å². The molecule has 7 atom stereocenters. The summed E-state index contributed by atoms with van der Waals surface area (Å²) in [6.07, 6.45) is 13.9. The van der Waals surface area contributed by atoms with Crippen LogP contribution in [0.2, 0.25) is 0 Å². The van der Waals surface area contributed by atoms with Crippen molar-refractivity contribution in [3.05, 3.63) is 159 Å². The largest absolute Gasteiger partial charge is 0.368 e. The summed E-state index contributed by atoms with van der Waals surface area (Å²) < 4.78 is 50.2. The number of hydrogen-bond donors (Lipinski definition) is 1. The molecule has 1 N–H and O–H groups in total. The molecule has 0 spiro atoms. The zero-order valence-electron chi connectivity index (χ0n) is 47.8. The lowest BCUT2D eigenvalue weighted by Crippen LogP contribution is -2.44. The molecule has 4 fully saturated rings. The summed E-state index contributed by atoms with van der Waals surface area (Å²) in [6, 6.07) is 26.4. The highest BCUT2D eigenvalue weighted by atomic mass is 19.1. The van der Waals surface area contributed by atoms with E-state index >= 15 is 13.2 Å². The quantitative estimate of drug-likeness (QED) is 0.0630. The predicted molar refractivity (Wildman–Crippen MR) is 310 cm³/mol. The molecule has 0 radical (unpaired) electrons. The molecule has 8 heteroatoms. The van der Waals surface area contributed by atoms with Gasteiger partial charge in [0.2, 0.25) is 5.91 Å². The molecule has 4 aromatic rings. The maximum atomic E-state index is 17.0. The number of nitrogens with zero attached hydrogens (tertiary/aromatic N) is 2. The van der Waals surface area contributed by atoms with Crippen molar-refractivity contribution in [3.63, 3.8) is 0 Å². The van der Waals surface area contributed by atoms with E-state index in [9.17, 15) is 9.59 Å². The van der Waals surface area contributed by atoms with Gasteiger partial charge in [-0.2, -0.15) is 0 Å². The molecule has 9 rings (SSSR count). The number of rotatable bonds is 22. The lowest BCUT2D eigenvalue weighted by atomic mass is 9.73. The van der Waals surface area contributed by atoms with Crippen molar-refractivity contribution in [2.24, 2.45) is 34.1 Å². The fraction of sp³-hybridized carbons (Fsp3) is 0.551. The van der Waals surface area contributed by atoms with Gasteiger partial charge in [0.05, 0.1) is 11.7 Å². The van der Waals surface area contributed by atoms with Crippen LogP contribution in [0.25, 0.3) is 0 Å². The number of alkyl halides is 1. The minimum atomic E-state index is -1.50. The molecule has 1 amide bonds. The minimum absolute atomic E-state index is 0.00929. The van der Waals surface area contributed by atoms with E-state index in [0.717, 1.165) is 81.3 Å². The van der Waals surface area contributed by atoms with E-state index in [0.29, 0.717) is 54.6 Å². The number of nitrogens with one attached hydrogen (secondary N) is 1. The highest BCUT2D eigenvalue weighted by Gasteiger charge is 2.50. The van der Waals surface area contributed by atoms with Crippen molar-refractivity contribution in [1.82, 2.24) is 10.2 Å². The van der Waals surface area contributed by atoms with Crippen molar-refractivity contribution < 1.29 is 22.8 Å². The Morgan fingerprint density at radius 1 is 0.792 bits per heavy atom. The van der Waals surface area contributed by atoms with Gasteiger partial charge in [-0.25, -0.2) is 13.2 Å². The number of amides is 1. The second-order valence-electron chi connectivity index (χ2n) is 25.5. The van der Waals surface area contributed by atoms with Crippen LogP contribution in [-0.2, 0) is 28.1 Å². The molecule has 0 bridgehead atoms. The monoisotopic (exact) mass is 1050 g/mol. The fourth-order valence-electron chi connectivity index (χ4n) is 15.0. The van der Waals surface area contributed by atoms with Gasteiger partial charge in [-0.3, -0.25) is 9.79 Å². The van der Waals surface area contributed by atoms with E-state index < -0.39 is 23.2 Å². The molecule has 5 nitrogen and oxygen atoms in total. The van der Waals surface area contributed by atoms with Crippen molar-refractivity contribution in [2.45, 2.75) is 206 Å². The predicted octanol–water partition coefficient (Wildman–Crippen LogP) is 17.3. The van der Waals surface area contributed by atoms with Crippen LogP contribution in [-0.4, -0.2) is 40.9 Å². The number of allylic oxidation sites excluding steroid dienone is 1. The van der Waals surface area contributed by atoms with Crippen LogP contribution in [0.4, 0.5) is 18.9 Å². The Morgan fingerprint density at radius 3 is 2.08 bits per heavy atom. The van der Waals surface area contributed by atoms with Crippen LogP contribution < -0.4 is 5.32 Å². The first-order chi connectivity index (χ1) is 36.8. The van der Waals surface area contributed by atoms with Gasteiger partial charge in [-0.15, -0.1) is 0 Å². The van der Waals surface area contributed by atoms with E-state index in [-0.39, 0.29) is 71.3 Å². The number of aliphatic imine (C=N–C) groups is 1. The van der Waals surface area contributed by atoms with Crippen LogP contribution in [0, 0.1) is 47.6 Å². The van der Waals surface area contributed by atoms with Crippen molar-refractivity contribution in [2.75, 3.05) is 6.54 Å². The number of ketones is 1. The van der Waals surface area contributed by atoms with Gasteiger partial charge >= 0.3 is 0 Å². The maximum Gasteiger partial charge on any atom is 0.217 e. The van der Waals surface area contributed by atoms with Crippen LogP contribution in [0.3, 0.4) is 0 Å². The average molecular weight is 1050 g/mol. The van der Waals surface area contributed by atoms with Gasteiger partial charge in [0.25, 0.3) is 0 Å². The first-order valence-electron chi connectivity index (χ1n) is 29.7. The molecule has 2 heterocycles. The number of carbonyl (C=O) groups excluding carboxylic acids is 2. The molecule has 1 unspecified atom stereocenters. The van der Waals surface area contributed by atoms with Crippen molar-refractivity contribution >= 4 is 23.1 Å². The maximum absolute atomic E-state index is 17.0. The summed E-state index contributed by atoms with van der Waals surface area (Å²) in [7, 11) is 0. The van der Waals surface area contributed by atoms with Gasteiger partial charge in [-0.1, -0.05) is 127 Å². The Hall–Kier alpha value is -5.24. The highest BCUT2D eigenvalue weighted by Crippen LogP contribution is 2.57. The third kappa shape index (κ3) is 12.3. The summed E-state index contributed by atoms with van der Waals surface area (Å²) in [4.78, 5) is 32.0. The zero-order chi connectivity index (χ0) is 54.9. The van der Waals surface area contributed by atoms with Gasteiger partial charge in [0.15, 0.2) is 0 Å². The molecule has 4 aromatic carbocycles. The van der Waals surface area contributed by atoms with Crippen LogP contribution in [0.5, 0.6) is 0 Å². The number of Topliss-reactive ketones (excluding diaryl/α,β-unsaturated/α-hetero) is 1. The molecule has 3 saturated carbocycles. The standard InChI is InChI=1S/C69H88F3N3O2/c1-42(2)59(36-47(8)76)48(9)75-34-16-20-64(75)46(7)35-53-37-51(22-21-44(53)5)57-24-25-58(65(57)55-39-60(70)66(61(71)40-55)50-27-30-69(72,31-28-50)56-18-12-11-13-19-56)52-23-26-62-54(38-52)41-63(74-62)45(6)17-14-15-29-68(32-33-68)67(43(3)4)73-49(10)77/h11-13,18-19,21-23,26,37-40,42-43,45,50,57-59,64-65,67H,7,9,14-17,20,24-25,27-36,41H2,1-6,8,10H3,(H,73,77)/t45-,50?,57+,58+,59-,64-,65?,67-,69?/m0/s1. The lowest BCUT2D eigenvalue weighted by molar-refractivity contribution is -0.120. The second-order valence-corrected chi connectivity index (χ2v) is 25.5. The Labute approximate surface area is 460 Å². The Balaban J connectivity index is 0.952. The molecule has 412 valence electrons. The first-order valence-corrected chi connectivity index (χ1v) is 29.7. The van der Waals surface area contributed by atoms with E-state index in [1.165, 1.54) is 46.4 Å². The average Bonchev–Trinajstić information content (AvgIpc) is 3.72. The Morgan fingerprint density at radius 2 is 1.45 bits per heavy atom. The molecule has 77 heavy (non-hydrogen) atoms. The first kappa shape index (κ1) is 56.5. The number of halogens is 3. The fourth-order valence-corrected chi connectivity index (χ4v) is 15.0. The van der Waals surface area contributed by atoms with Gasteiger partial charge in [0.1, 0.15) is 23.1 Å². The molecule has 3 aliphatic carbocycles. The molecule has 1 saturated heterocycles. The Kier molecular flexibility index (Phi) is 17.3. The van der Waals surface area contributed by atoms with Gasteiger partial charge < -0.3 is 15.0 Å². The molecule has 0 aromatic heterocycles. The Bertz CT molecular complexity index is 2810. The SMILES string of the molecule is C=C(Cc1cc([C@H]2CC[C@H](c3ccc4c(c3)CC([C@@H](C)CCCCC3([C@@H](NC(C)=O)C(C)C)CC3)=N4)C2c2cc(F)c(C3CCC(F)(c4ccccc4)CC3)c(F)c2)ccc1C)[C@@H]1CCCN1C(=C)[C@@H](CC(C)=O)C(C)C. The summed E-state index contributed by atoms with van der Waals surface area (Å²) in [5.41, 5.74) is 10.6. The molecular formula is C69H88F3N3O2. The summed E-state index contributed by atoms with van der Waals surface area (Å²) >= 11 is 0. The molecule has 2 aliphatic heterocycles.